The molecule has 0 bridgehead atoms. The maximum atomic E-state index is 3.55. The fourth-order valence-corrected chi connectivity index (χ4v) is 2.18. The molecule has 1 heteroatoms. The van der Waals surface area contributed by atoms with Gasteiger partial charge in [-0.05, 0) is 23.6 Å². The lowest BCUT2D eigenvalue weighted by atomic mass is 10.0. The summed E-state index contributed by atoms with van der Waals surface area (Å²) in [5.41, 5.74) is 4.08. The highest BCUT2D eigenvalue weighted by Crippen LogP contribution is 2.33. The summed E-state index contributed by atoms with van der Waals surface area (Å²) in [6.07, 6.45) is 1.10. The van der Waals surface area contributed by atoms with Gasteiger partial charge in [0.05, 0.1) is 6.04 Å². The molecule has 0 radical (unpaired) electrons. The average Bonchev–Trinajstić information content (AvgIpc) is 2.74. The van der Waals surface area contributed by atoms with E-state index in [1.54, 1.807) is 0 Å². The van der Waals surface area contributed by atoms with E-state index in [0.717, 1.165) is 6.42 Å². The molecule has 0 spiro atoms. The van der Waals surface area contributed by atoms with Crippen LogP contribution in [0.3, 0.4) is 0 Å². The van der Waals surface area contributed by atoms with E-state index in [9.17, 15) is 0 Å². The van der Waals surface area contributed by atoms with Gasteiger partial charge in [0.2, 0.25) is 0 Å². The Bertz CT molecular complexity index is 437. The zero-order chi connectivity index (χ0) is 10.1. The first kappa shape index (κ1) is 8.54. The van der Waals surface area contributed by atoms with Gasteiger partial charge in [-0.15, -0.1) is 0 Å². The van der Waals surface area contributed by atoms with E-state index < -0.39 is 0 Å². The molecule has 2 aromatic carbocycles. The van der Waals surface area contributed by atoms with Gasteiger partial charge in [0.15, 0.2) is 0 Å². The third-order valence-corrected chi connectivity index (χ3v) is 2.97. The second-order valence-corrected chi connectivity index (χ2v) is 3.97. The van der Waals surface area contributed by atoms with Crippen LogP contribution in [-0.4, -0.2) is 0 Å². The maximum absolute atomic E-state index is 3.55. The van der Waals surface area contributed by atoms with Crippen LogP contribution < -0.4 is 5.32 Å². The van der Waals surface area contributed by atoms with Crippen molar-refractivity contribution < 1.29 is 0 Å². The molecule has 1 atom stereocenters. The van der Waals surface area contributed by atoms with E-state index in [2.05, 4.69) is 59.9 Å². The number of rotatable bonds is 1. The number of para-hydroxylation sites is 1. The van der Waals surface area contributed by atoms with E-state index in [-0.39, 0.29) is 0 Å². The predicted molar refractivity (Wildman–Crippen MR) is 63.0 cm³/mol. The summed E-state index contributed by atoms with van der Waals surface area (Å²) in [5, 5.41) is 3.55. The van der Waals surface area contributed by atoms with Crippen LogP contribution in [0.15, 0.2) is 54.6 Å². The van der Waals surface area contributed by atoms with E-state index in [1.165, 1.54) is 16.8 Å². The minimum absolute atomic E-state index is 0.448. The Hall–Kier alpha value is -1.76. The van der Waals surface area contributed by atoms with Crippen molar-refractivity contribution in [1.29, 1.82) is 0 Å². The summed E-state index contributed by atoms with van der Waals surface area (Å²) in [7, 11) is 0. The van der Waals surface area contributed by atoms with Gasteiger partial charge < -0.3 is 5.32 Å². The molecule has 1 aliphatic heterocycles. The molecule has 0 saturated heterocycles. The summed E-state index contributed by atoms with van der Waals surface area (Å²) in [5.74, 6) is 0. The lowest BCUT2D eigenvalue weighted by Crippen LogP contribution is -2.04. The molecule has 1 aliphatic rings. The Morgan fingerprint density at radius 3 is 2.40 bits per heavy atom. The average molecular weight is 195 g/mol. The molecular formula is C14H13N. The van der Waals surface area contributed by atoms with Crippen molar-refractivity contribution >= 4 is 5.69 Å². The fraction of sp³-hybridized carbons (Fsp3) is 0.143. The van der Waals surface area contributed by atoms with Gasteiger partial charge in [-0.25, -0.2) is 0 Å². The summed E-state index contributed by atoms with van der Waals surface area (Å²) in [6.45, 7) is 0. The van der Waals surface area contributed by atoms with Gasteiger partial charge >= 0.3 is 0 Å². The van der Waals surface area contributed by atoms with Crippen LogP contribution >= 0.6 is 0 Å². The van der Waals surface area contributed by atoms with E-state index >= 15 is 0 Å². The molecule has 0 fully saturated rings. The number of anilines is 1. The summed E-state index contributed by atoms with van der Waals surface area (Å²) in [6, 6.07) is 19.6. The van der Waals surface area contributed by atoms with E-state index in [1.807, 2.05) is 0 Å². The Morgan fingerprint density at radius 1 is 0.867 bits per heavy atom. The minimum Gasteiger partial charge on any atom is -0.378 e. The highest BCUT2D eigenvalue weighted by molar-refractivity contribution is 5.57. The van der Waals surface area contributed by atoms with Crippen LogP contribution in [0.25, 0.3) is 0 Å². The highest BCUT2D eigenvalue weighted by Gasteiger charge is 2.20. The summed E-state index contributed by atoms with van der Waals surface area (Å²) in [4.78, 5) is 0. The van der Waals surface area contributed by atoms with Crippen LogP contribution in [0.4, 0.5) is 5.69 Å². The van der Waals surface area contributed by atoms with Crippen LogP contribution in [0.5, 0.6) is 0 Å². The number of hydrogen-bond acceptors (Lipinski definition) is 1. The monoisotopic (exact) mass is 195 g/mol. The summed E-state index contributed by atoms with van der Waals surface area (Å²) >= 11 is 0. The Kier molecular flexibility index (Phi) is 1.95. The molecule has 3 rings (SSSR count). The van der Waals surface area contributed by atoms with Crippen molar-refractivity contribution in [2.75, 3.05) is 5.32 Å². The van der Waals surface area contributed by atoms with Gasteiger partial charge in [-0.1, -0.05) is 48.5 Å². The molecule has 1 unspecified atom stereocenters. The lowest BCUT2D eigenvalue weighted by Gasteiger charge is -2.10. The molecule has 1 nitrogen and oxygen atoms in total. The Morgan fingerprint density at radius 2 is 1.60 bits per heavy atom. The number of fused-ring (bicyclic) bond motifs is 1. The number of benzene rings is 2. The molecular weight excluding hydrogens is 182 g/mol. The van der Waals surface area contributed by atoms with Gasteiger partial charge in [0.25, 0.3) is 0 Å². The van der Waals surface area contributed by atoms with Crippen LogP contribution in [0.1, 0.15) is 17.2 Å². The normalized spacial score (nSPS) is 18.3. The van der Waals surface area contributed by atoms with E-state index in [0.29, 0.717) is 6.04 Å². The summed E-state index contributed by atoms with van der Waals surface area (Å²) < 4.78 is 0. The molecule has 74 valence electrons. The quantitative estimate of drug-likeness (QED) is 0.735. The molecule has 0 aromatic heterocycles. The Labute approximate surface area is 89.8 Å². The van der Waals surface area contributed by atoms with Crippen LogP contribution in [-0.2, 0) is 6.42 Å². The van der Waals surface area contributed by atoms with Crippen molar-refractivity contribution in [1.82, 2.24) is 0 Å². The first-order valence-corrected chi connectivity index (χ1v) is 5.33. The minimum atomic E-state index is 0.448. The van der Waals surface area contributed by atoms with Gasteiger partial charge in [0.1, 0.15) is 0 Å². The van der Waals surface area contributed by atoms with Gasteiger partial charge in [0, 0.05) is 5.69 Å². The zero-order valence-corrected chi connectivity index (χ0v) is 8.48. The molecule has 15 heavy (non-hydrogen) atoms. The van der Waals surface area contributed by atoms with Gasteiger partial charge in [-0.2, -0.15) is 0 Å². The largest absolute Gasteiger partial charge is 0.378 e. The molecule has 2 aromatic rings. The molecule has 0 aliphatic carbocycles. The third-order valence-electron chi connectivity index (χ3n) is 2.97. The number of hydrogen-bond donors (Lipinski definition) is 1. The number of nitrogens with one attached hydrogen (secondary N) is 1. The molecule has 0 amide bonds. The highest BCUT2D eigenvalue weighted by atomic mass is 14.9. The van der Waals surface area contributed by atoms with Crippen molar-refractivity contribution in [2.45, 2.75) is 12.5 Å². The van der Waals surface area contributed by atoms with Crippen LogP contribution in [0.2, 0.25) is 0 Å². The smallest absolute Gasteiger partial charge is 0.0555 e. The molecule has 1 heterocycles. The topological polar surface area (TPSA) is 12.0 Å². The first-order chi connectivity index (χ1) is 7.43. The molecule has 1 N–H and O–H groups in total. The molecule has 0 saturated carbocycles. The maximum Gasteiger partial charge on any atom is 0.0555 e. The standard InChI is InChI=1S/C14H13N/c1-2-6-11(7-3-1)14-10-12-8-4-5-9-13(12)15-14/h1-9,14-15H,10H2. The van der Waals surface area contributed by atoms with Crippen molar-refractivity contribution in [3.8, 4) is 0 Å². The second-order valence-electron chi connectivity index (χ2n) is 3.97. The lowest BCUT2D eigenvalue weighted by molar-refractivity contribution is 0.824. The zero-order valence-electron chi connectivity index (χ0n) is 8.48. The van der Waals surface area contributed by atoms with Gasteiger partial charge in [-0.3, -0.25) is 0 Å². The second kappa shape index (κ2) is 3.43. The van der Waals surface area contributed by atoms with E-state index in [4.69, 9.17) is 0 Å². The fourth-order valence-electron chi connectivity index (χ4n) is 2.18. The van der Waals surface area contributed by atoms with Crippen molar-refractivity contribution in [2.24, 2.45) is 0 Å². The van der Waals surface area contributed by atoms with Crippen LogP contribution in [0, 0.1) is 0 Å². The Balaban J connectivity index is 1.91. The SMILES string of the molecule is c1ccc(C2Cc3ccccc3N2)cc1. The van der Waals surface area contributed by atoms with Crippen molar-refractivity contribution in [3.05, 3.63) is 65.7 Å². The third kappa shape index (κ3) is 1.50. The first-order valence-electron chi connectivity index (χ1n) is 5.33. The predicted octanol–water partition coefficient (Wildman–Crippen LogP) is 3.40. The van der Waals surface area contributed by atoms with Crippen molar-refractivity contribution in [3.63, 3.8) is 0 Å².